The third-order valence-corrected chi connectivity index (χ3v) is 4.27. The van der Waals surface area contributed by atoms with Gasteiger partial charge < -0.3 is 15.0 Å². The number of nitrogens with one attached hydrogen (secondary N) is 2. The van der Waals surface area contributed by atoms with E-state index in [0.29, 0.717) is 30.9 Å². The summed E-state index contributed by atoms with van der Waals surface area (Å²) in [4.78, 5) is 40.3. The molecule has 3 rings (SSSR count). The number of H-pyrrole nitrogens is 1. The molecule has 1 fully saturated rings. The highest BCUT2D eigenvalue weighted by atomic mass is 16.6. The van der Waals surface area contributed by atoms with E-state index in [4.69, 9.17) is 4.74 Å². The first-order valence-electron chi connectivity index (χ1n) is 7.76. The van der Waals surface area contributed by atoms with Crippen LogP contribution in [0.2, 0.25) is 0 Å². The van der Waals surface area contributed by atoms with Gasteiger partial charge in [0.05, 0.1) is 17.6 Å². The van der Waals surface area contributed by atoms with Gasteiger partial charge in [-0.3, -0.25) is 14.3 Å². The fraction of sp³-hybridized carbons (Fsp3) is 0.667. The zero-order chi connectivity index (χ0) is 16.9. The fourth-order valence-electron chi connectivity index (χ4n) is 3.24. The first-order chi connectivity index (χ1) is 10.7. The molecule has 1 aromatic rings. The summed E-state index contributed by atoms with van der Waals surface area (Å²) >= 11 is 0. The lowest BCUT2D eigenvalue weighted by atomic mass is 10.2. The van der Waals surface area contributed by atoms with Gasteiger partial charge in [0, 0.05) is 13.1 Å². The summed E-state index contributed by atoms with van der Waals surface area (Å²) in [6.07, 6.45) is 0.286. The lowest BCUT2D eigenvalue weighted by Gasteiger charge is -2.30. The number of hydrogen-bond donors (Lipinski definition) is 2. The maximum Gasteiger partial charge on any atom is 0.410 e. The van der Waals surface area contributed by atoms with Crippen molar-refractivity contribution in [3.63, 3.8) is 0 Å². The number of aromatic amines is 1. The van der Waals surface area contributed by atoms with Crippen LogP contribution in [0, 0.1) is 6.92 Å². The van der Waals surface area contributed by atoms with E-state index in [1.165, 1.54) is 0 Å². The summed E-state index contributed by atoms with van der Waals surface area (Å²) in [6.45, 7) is 8.04. The Labute approximate surface area is 133 Å². The second-order valence-corrected chi connectivity index (χ2v) is 7.16. The number of hydrogen-bond acceptors (Lipinski definition) is 5. The summed E-state index contributed by atoms with van der Waals surface area (Å²) in [5.74, 6) is 0.551. The molecule has 2 atom stereocenters. The molecule has 2 aliphatic heterocycles. The minimum atomic E-state index is -0.562. The zero-order valence-corrected chi connectivity index (χ0v) is 13.8. The molecule has 8 heteroatoms. The quantitative estimate of drug-likeness (QED) is 0.737. The standard InChI is InChI=1S/C15H22N4O4/c1-8-11-16-6-9-5-10(19(11)13(21)17-12(8)20)7-18(9)14(22)23-15(2,3)4/h9-10,16H,5-7H2,1-4H3,(H,17,20,21). The molecule has 1 aromatic heterocycles. The number of amides is 1. The molecule has 0 radical (unpaired) electrons. The molecule has 1 amide bonds. The second-order valence-electron chi connectivity index (χ2n) is 7.16. The normalized spacial score (nSPS) is 23.0. The lowest BCUT2D eigenvalue weighted by Crippen LogP contribution is -2.45. The van der Waals surface area contributed by atoms with E-state index in [-0.39, 0.29) is 23.7 Å². The first-order valence-corrected chi connectivity index (χ1v) is 7.76. The van der Waals surface area contributed by atoms with Crippen LogP contribution < -0.4 is 16.6 Å². The average molecular weight is 322 g/mol. The Hall–Kier alpha value is -2.25. The molecule has 2 aliphatic rings. The van der Waals surface area contributed by atoms with E-state index in [1.54, 1.807) is 16.4 Å². The Bertz CT molecular complexity index is 758. The lowest BCUT2D eigenvalue weighted by molar-refractivity contribution is 0.0228. The zero-order valence-electron chi connectivity index (χ0n) is 13.8. The van der Waals surface area contributed by atoms with Crippen LogP contribution in [-0.4, -0.2) is 45.3 Å². The number of carbonyl (C=O) groups is 1. The van der Waals surface area contributed by atoms with Crippen molar-refractivity contribution in [3.05, 3.63) is 26.4 Å². The van der Waals surface area contributed by atoms with Crippen molar-refractivity contribution < 1.29 is 9.53 Å². The van der Waals surface area contributed by atoms with Crippen LogP contribution in [0.4, 0.5) is 10.6 Å². The van der Waals surface area contributed by atoms with Gasteiger partial charge in [0.1, 0.15) is 11.4 Å². The fourth-order valence-corrected chi connectivity index (χ4v) is 3.24. The predicted molar refractivity (Wildman–Crippen MR) is 84.9 cm³/mol. The Kier molecular flexibility index (Phi) is 3.50. The Morgan fingerprint density at radius 3 is 2.61 bits per heavy atom. The molecule has 8 nitrogen and oxygen atoms in total. The molecule has 3 heterocycles. The summed E-state index contributed by atoms with van der Waals surface area (Å²) < 4.78 is 7.00. The van der Waals surface area contributed by atoms with Gasteiger partial charge in [0.15, 0.2) is 0 Å². The van der Waals surface area contributed by atoms with Crippen LogP contribution in [0.1, 0.15) is 38.8 Å². The number of aromatic nitrogens is 2. The van der Waals surface area contributed by atoms with Crippen molar-refractivity contribution in [1.82, 2.24) is 14.5 Å². The van der Waals surface area contributed by atoms with Crippen LogP contribution >= 0.6 is 0 Å². The van der Waals surface area contributed by atoms with Gasteiger partial charge in [-0.25, -0.2) is 9.59 Å². The molecule has 2 N–H and O–H groups in total. The van der Waals surface area contributed by atoms with Gasteiger partial charge in [-0.2, -0.15) is 0 Å². The number of anilines is 1. The topological polar surface area (TPSA) is 96.4 Å². The monoisotopic (exact) mass is 322 g/mol. The third kappa shape index (κ3) is 2.73. The highest BCUT2D eigenvalue weighted by Crippen LogP contribution is 2.33. The Morgan fingerprint density at radius 1 is 1.26 bits per heavy atom. The Morgan fingerprint density at radius 2 is 1.96 bits per heavy atom. The van der Waals surface area contributed by atoms with E-state index in [2.05, 4.69) is 10.3 Å². The number of likely N-dealkylation sites (tertiary alicyclic amines) is 1. The molecule has 23 heavy (non-hydrogen) atoms. The van der Waals surface area contributed by atoms with E-state index in [1.807, 2.05) is 20.8 Å². The molecular formula is C15H22N4O4. The third-order valence-electron chi connectivity index (χ3n) is 4.27. The van der Waals surface area contributed by atoms with Gasteiger partial charge >= 0.3 is 11.8 Å². The van der Waals surface area contributed by atoms with Gasteiger partial charge in [-0.1, -0.05) is 0 Å². The van der Waals surface area contributed by atoms with Crippen LogP contribution in [0.3, 0.4) is 0 Å². The highest BCUT2D eigenvalue weighted by Gasteiger charge is 2.41. The Balaban J connectivity index is 1.94. The predicted octanol–water partition coefficient (Wildman–Crippen LogP) is 0.821. The van der Waals surface area contributed by atoms with Crippen LogP contribution in [-0.2, 0) is 4.74 Å². The molecule has 0 aromatic carbocycles. The summed E-state index contributed by atoms with van der Waals surface area (Å²) in [5, 5.41) is 3.15. The van der Waals surface area contributed by atoms with Gasteiger partial charge in [-0.15, -0.1) is 0 Å². The van der Waals surface area contributed by atoms with Crippen molar-refractivity contribution in [3.8, 4) is 0 Å². The van der Waals surface area contributed by atoms with Crippen molar-refractivity contribution in [2.75, 3.05) is 18.4 Å². The van der Waals surface area contributed by atoms with Crippen molar-refractivity contribution in [2.24, 2.45) is 0 Å². The maximum absolute atomic E-state index is 12.4. The van der Waals surface area contributed by atoms with E-state index in [9.17, 15) is 14.4 Å². The van der Waals surface area contributed by atoms with Gasteiger partial charge in [-0.05, 0) is 34.1 Å². The smallest absolute Gasteiger partial charge is 0.410 e. The SMILES string of the molecule is Cc1c2n(c(=O)[nH]c1=O)C1CC(CN2)N(C(=O)OC(C)(C)C)C1. The van der Waals surface area contributed by atoms with Gasteiger partial charge in [0.2, 0.25) is 0 Å². The molecule has 2 unspecified atom stereocenters. The number of fused-ring (bicyclic) bond motifs is 4. The van der Waals surface area contributed by atoms with Crippen molar-refractivity contribution in [1.29, 1.82) is 0 Å². The molecule has 0 saturated carbocycles. The average Bonchev–Trinajstić information content (AvgIpc) is 2.71. The van der Waals surface area contributed by atoms with Crippen LogP contribution in [0.5, 0.6) is 0 Å². The molecule has 2 bridgehead atoms. The minimum Gasteiger partial charge on any atom is -0.444 e. The van der Waals surface area contributed by atoms with Crippen LogP contribution in [0.25, 0.3) is 0 Å². The maximum atomic E-state index is 12.4. The first kappa shape index (κ1) is 15.6. The summed E-state index contributed by atoms with van der Waals surface area (Å²) in [6, 6.07) is -0.232. The second kappa shape index (κ2) is 5.14. The van der Waals surface area contributed by atoms with Crippen LogP contribution in [0.15, 0.2) is 9.59 Å². The van der Waals surface area contributed by atoms with Crippen molar-refractivity contribution >= 4 is 11.9 Å². The molecule has 126 valence electrons. The molecule has 0 aliphatic carbocycles. The van der Waals surface area contributed by atoms with E-state index < -0.39 is 11.3 Å². The van der Waals surface area contributed by atoms with Crippen molar-refractivity contribution in [2.45, 2.75) is 51.8 Å². The number of ether oxygens (including phenoxy) is 1. The van der Waals surface area contributed by atoms with E-state index >= 15 is 0 Å². The largest absolute Gasteiger partial charge is 0.444 e. The minimum absolute atomic E-state index is 0.0661. The number of carbonyl (C=O) groups excluding carboxylic acids is 1. The van der Waals surface area contributed by atoms with Gasteiger partial charge in [0.25, 0.3) is 5.56 Å². The summed E-state index contributed by atoms with van der Waals surface area (Å²) in [7, 11) is 0. The molecule has 1 saturated heterocycles. The number of nitrogens with zero attached hydrogens (tertiary/aromatic N) is 2. The molecule has 0 spiro atoms. The highest BCUT2D eigenvalue weighted by molar-refractivity contribution is 5.69. The summed E-state index contributed by atoms with van der Waals surface area (Å²) in [5.41, 5.74) is -0.898. The number of rotatable bonds is 0. The molecular weight excluding hydrogens is 300 g/mol. The van der Waals surface area contributed by atoms with E-state index in [0.717, 1.165) is 0 Å².